The Bertz CT molecular complexity index is 466. The predicted octanol–water partition coefficient (Wildman–Crippen LogP) is 3.29. The van der Waals surface area contributed by atoms with Crippen LogP contribution in [0.2, 0.25) is 5.02 Å². The Balaban J connectivity index is 2.14. The lowest BCUT2D eigenvalue weighted by Gasteiger charge is -2.34. The lowest BCUT2D eigenvalue weighted by atomic mass is 9.98. The zero-order chi connectivity index (χ0) is 13.3. The first kappa shape index (κ1) is 13.7. The van der Waals surface area contributed by atoms with Gasteiger partial charge in [0.15, 0.2) is 0 Å². The van der Waals surface area contributed by atoms with E-state index in [-0.39, 0.29) is 16.7 Å². The molecule has 98 valence electrons. The van der Waals surface area contributed by atoms with Crippen LogP contribution in [0.1, 0.15) is 23.7 Å². The van der Waals surface area contributed by atoms with Gasteiger partial charge in [0.25, 0.3) is 5.91 Å². The number of hydrogen-bond donors (Lipinski definition) is 1. The number of carbonyl (C=O) groups excluding carboxylic acids is 1. The van der Waals surface area contributed by atoms with Crippen molar-refractivity contribution in [3.8, 4) is 5.75 Å². The molecule has 1 saturated heterocycles. The number of rotatable bonds is 1. The van der Waals surface area contributed by atoms with Crippen molar-refractivity contribution >= 4 is 33.4 Å². The van der Waals surface area contributed by atoms with Crippen LogP contribution in [0, 0.1) is 5.92 Å². The Morgan fingerprint density at radius 3 is 2.89 bits per heavy atom. The molecule has 1 N–H and O–H groups in total. The van der Waals surface area contributed by atoms with Crippen LogP contribution >= 0.6 is 27.5 Å². The van der Waals surface area contributed by atoms with E-state index in [1.165, 1.54) is 12.1 Å². The Morgan fingerprint density at radius 2 is 2.28 bits per heavy atom. The average molecular weight is 333 g/mol. The van der Waals surface area contributed by atoms with Crippen molar-refractivity contribution < 1.29 is 9.90 Å². The van der Waals surface area contributed by atoms with Crippen molar-refractivity contribution in [3.63, 3.8) is 0 Å². The second-order valence-electron chi connectivity index (χ2n) is 4.70. The highest BCUT2D eigenvalue weighted by Crippen LogP contribution is 2.27. The first-order valence-electron chi connectivity index (χ1n) is 5.91. The van der Waals surface area contributed by atoms with Crippen molar-refractivity contribution in [1.82, 2.24) is 4.90 Å². The van der Waals surface area contributed by atoms with Gasteiger partial charge in [0.2, 0.25) is 0 Å². The number of carbonyl (C=O) groups is 1. The third-order valence-electron chi connectivity index (χ3n) is 3.35. The number of piperidine rings is 1. The molecule has 3 nitrogen and oxygen atoms in total. The van der Waals surface area contributed by atoms with Gasteiger partial charge in [-0.05, 0) is 30.5 Å². The van der Waals surface area contributed by atoms with Gasteiger partial charge < -0.3 is 10.0 Å². The van der Waals surface area contributed by atoms with Crippen LogP contribution in [0.5, 0.6) is 5.75 Å². The Kier molecular flexibility index (Phi) is 4.17. The molecule has 1 aliphatic heterocycles. The summed E-state index contributed by atoms with van der Waals surface area (Å²) < 4.78 is 0. The molecule has 0 spiro atoms. The SMILES string of the molecule is CC1CCN(C(=O)c2ccc(O)c(Cl)c2)CC1Br. The molecule has 1 aromatic carbocycles. The number of phenols is 1. The first-order chi connectivity index (χ1) is 8.49. The molecule has 2 atom stereocenters. The fraction of sp³-hybridized carbons (Fsp3) is 0.462. The summed E-state index contributed by atoms with van der Waals surface area (Å²) in [5, 5.41) is 9.56. The summed E-state index contributed by atoms with van der Waals surface area (Å²) in [6, 6.07) is 4.57. The fourth-order valence-corrected chi connectivity index (χ4v) is 2.82. The van der Waals surface area contributed by atoms with Gasteiger partial charge in [0, 0.05) is 23.5 Å². The molecule has 1 fully saturated rings. The maximum Gasteiger partial charge on any atom is 0.253 e. The topological polar surface area (TPSA) is 40.5 Å². The maximum absolute atomic E-state index is 12.3. The van der Waals surface area contributed by atoms with Gasteiger partial charge in [-0.2, -0.15) is 0 Å². The van der Waals surface area contributed by atoms with E-state index in [1.54, 1.807) is 6.07 Å². The van der Waals surface area contributed by atoms with Gasteiger partial charge in [-0.1, -0.05) is 34.5 Å². The minimum Gasteiger partial charge on any atom is -0.506 e. The monoisotopic (exact) mass is 331 g/mol. The van der Waals surface area contributed by atoms with Gasteiger partial charge in [-0.3, -0.25) is 4.79 Å². The number of amides is 1. The summed E-state index contributed by atoms with van der Waals surface area (Å²) in [5.41, 5.74) is 0.520. The van der Waals surface area contributed by atoms with Crippen LogP contribution in [0.3, 0.4) is 0 Å². The van der Waals surface area contributed by atoms with E-state index in [1.807, 2.05) is 4.90 Å². The second-order valence-corrected chi connectivity index (χ2v) is 6.28. The van der Waals surface area contributed by atoms with E-state index in [9.17, 15) is 9.90 Å². The molecule has 1 heterocycles. The lowest BCUT2D eigenvalue weighted by Crippen LogP contribution is -2.43. The zero-order valence-corrected chi connectivity index (χ0v) is 12.4. The smallest absolute Gasteiger partial charge is 0.253 e. The number of hydrogen-bond acceptors (Lipinski definition) is 2. The molecule has 2 rings (SSSR count). The Hall–Kier alpha value is -0.740. The van der Waals surface area contributed by atoms with Crippen molar-refractivity contribution in [2.45, 2.75) is 18.2 Å². The van der Waals surface area contributed by atoms with E-state index in [4.69, 9.17) is 11.6 Å². The number of likely N-dealkylation sites (tertiary alicyclic amines) is 1. The molecule has 0 saturated carbocycles. The number of halogens is 2. The number of benzene rings is 1. The van der Waals surface area contributed by atoms with Crippen LogP contribution in [-0.4, -0.2) is 33.8 Å². The molecule has 0 radical (unpaired) electrons. The quantitative estimate of drug-likeness (QED) is 0.802. The largest absolute Gasteiger partial charge is 0.506 e. The number of alkyl halides is 1. The Labute approximate surface area is 120 Å². The van der Waals surface area contributed by atoms with Gasteiger partial charge in [0.05, 0.1) is 5.02 Å². The molecular weight excluding hydrogens is 318 g/mol. The summed E-state index contributed by atoms with van der Waals surface area (Å²) in [4.78, 5) is 14.4. The van der Waals surface area contributed by atoms with E-state index < -0.39 is 0 Å². The third-order valence-corrected chi connectivity index (χ3v) is 4.84. The molecule has 0 aliphatic carbocycles. The zero-order valence-electron chi connectivity index (χ0n) is 10.1. The van der Waals surface area contributed by atoms with Crippen LogP contribution in [-0.2, 0) is 0 Å². The number of phenolic OH excluding ortho intramolecular Hbond substituents is 1. The highest BCUT2D eigenvalue weighted by atomic mass is 79.9. The standard InChI is InChI=1S/C13H15BrClNO2/c1-8-4-5-16(7-10(8)14)13(18)9-2-3-12(17)11(15)6-9/h2-3,6,8,10,17H,4-5,7H2,1H3. The second kappa shape index (κ2) is 5.49. The van der Waals surface area contributed by atoms with E-state index >= 15 is 0 Å². The van der Waals surface area contributed by atoms with Gasteiger partial charge >= 0.3 is 0 Å². The van der Waals surface area contributed by atoms with Crippen molar-refractivity contribution in [2.75, 3.05) is 13.1 Å². The van der Waals surface area contributed by atoms with Crippen LogP contribution in [0.4, 0.5) is 0 Å². The molecule has 0 aromatic heterocycles. The summed E-state index contributed by atoms with van der Waals surface area (Å²) in [5.74, 6) is 0.546. The Morgan fingerprint density at radius 1 is 1.56 bits per heavy atom. The maximum atomic E-state index is 12.3. The van der Waals surface area contributed by atoms with E-state index in [2.05, 4.69) is 22.9 Å². The van der Waals surface area contributed by atoms with Crippen molar-refractivity contribution in [2.24, 2.45) is 5.92 Å². The average Bonchev–Trinajstić information content (AvgIpc) is 2.35. The minimum atomic E-state index is -0.0340. The van der Waals surface area contributed by atoms with Crippen molar-refractivity contribution in [1.29, 1.82) is 0 Å². The van der Waals surface area contributed by atoms with E-state index in [0.29, 0.717) is 22.9 Å². The van der Waals surface area contributed by atoms with Crippen LogP contribution in [0.15, 0.2) is 18.2 Å². The number of aromatic hydroxyl groups is 1. The molecule has 1 aromatic rings. The molecule has 2 unspecified atom stereocenters. The lowest BCUT2D eigenvalue weighted by molar-refractivity contribution is 0.0706. The summed E-state index contributed by atoms with van der Waals surface area (Å²) >= 11 is 9.42. The molecular formula is C13H15BrClNO2. The van der Waals surface area contributed by atoms with Crippen molar-refractivity contribution in [3.05, 3.63) is 28.8 Å². The summed E-state index contributed by atoms with van der Waals surface area (Å²) in [6.07, 6.45) is 0.994. The predicted molar refractivity (Wildman–Crippen MR) is 75.5 cm³/mol. The van der Waals surface area contributed by atoms with E-state index in [0.717, 1.165) is 13.0 Å². The fourth-order valence-electron chi connectivity index (χ4n) is 2.03. The molecule has 0 bridgehead atoms. The third kappa shape index (κ3) is 2.81. The highest BCUT2D eigenvalue weighted by Gasteiger charge is 2.27. The summed E-state index contributed by atoms with van der Waals surface area (Å²) in [6.45, 7) is 3.65. The number of nitrogens with zero attached hydrogens (tertiary/aromatic N) is 1. The van der Waals surface area contributed by atoms with Gasteiger partial charge in [-0.25, -0.2) is 0 Å². The molecule has 5 heteroatoms. The normalized spacial score (nSPS) is 24.1. The highest BCUT2D eigenvalue weighted by molar-refractivity contribution is 9.09. The first-order valence-corrected chi connectivity index (χ1v) is 7.20. The molecule has 1 amide bonds. The van der Waals surface area contributed by atoms with Gasteiger partial charge in [0.1, 0.15) is 5.75 Å². The van der Waals surface area contributed by atoms with Crippen LogP contribution < -0.4 is 0 Å². The minimum absolute atomic E-state index is 0.00106. The molecule has 18 heavy (non-hydrogen) atoms. The summed E-state index contributed by atoms with van der Waals surface area (Å²) in [7, 11) is 0. The molecule has 1 aliphatic rings. The van der Waals surface area contributed by atoms with Crippen LogP contribution in [0.25, 0.3) is 0 Å². The van der Waals surface area contributed by atoms with Gasteiger partial charge in [-0.15, -0.1) is 0 Å².